The summed E-state index contributed by atoms with van der Waals surface area (Å²) in [4.78, 5) is 33.5. The number of ketones is 1. The highest BCUT2D eigenvalue weighted by Crippen LogP contribution is 2.35. The first-order valence-electron chi connectivity index (χ1n) is 9.72. The van der Waals surface area contributed by atoms with Crippen LogP contribution >= 0.6 is 0 Å². The lowest BCUT2D eigenvalue weighted by Crippen LogP contribution is -2.39. The molecule has 1 aliphatic rings. The molecule has 2 aromatic heterocycles. The summed E-state index contributed by atoms with van der Waals surface area (Å²) in [7, 11) is 1.41. The molecule has 0 radical (unpaired) electrons. The van der Waals surface area contributed by atoms with Gasteiger partial charge < -0.3 is 14.8 Å². The van der Waals surface area contributed by atoms with E-state index < -0.39 is 11.9 Å². The zero-order chi connectivity index (χ0) is 21.7. The van der Waals surface area contributed by atoms with Gasteiger partial charge >= 0.3 is 6.09 Å². The van der Waals surface area contributed by atoms with Crippen LogP contribution in [-0.2, 0) is 13.0 Å². The van der Waals surface area contributed by atoms with Crippen LogP contribution in [0.25, 0.3) is 21.8 Å². The SMILES string of the molecule is COc1ccc(Cc2nc3c(c4c2[nH]c2ccccc24)C(=O)CN(C(=O)O)C3)cc1F. The quantitative estimate of drug-likeness (QED) is 0.521. The van der Waals surface area contributed by atoms with Crippen molar-refractivity contribution in [1.29, 1.82) is 0 Å². The molecule has 8 heteroatoms. The molecule has 2 N–H and O–H groups in total. The Morgan fingerprint density at radius 1 is 1.26 bits per heavy atom. The monoisotopic (exact) mass is 419 g/mol. The van der Waals surface area contributed by atoms with Gasteiger partial charge in [-0.1, -0.05) is 24.3 Å². The number of Topliss-reactive ketones (excluding diaryl/α,β-unsaturated/α-hetero) is 1. The maximum atomic E-state index is 14.2. The van der Waals surface area contributed by atoms with Gasteiger partial charge in [0.2, 0.25) is 0 Å². The molecule has 1 amide bonds. The third-order valence-electron chi connectivity index (χ3n) is 5.62. The minimum Gasteiger partial charge on any atom is -0.494 e. The Balaban J connectivity index is 1.73. The predicted molar refractivity (Wildman–Crippen MR) is 112 cm³/mol. The van der Waals surface area contributed by atoms with E-state index in [1.165, 1.54) is 13.2 Å². The van der Waals surface area contributed by atoms with Gasteiger partial charge in [-0.15, -0.1) is 0 Å². The molecule has 3 heterocycles. The summed E-state index contributed by atoms with van der Waals surface area (Å²) < 4.78 is 19.2. The number of pyridine rings is 1. The first-order valence-corrected chi connectivity index (χ1v) is 9.72. The summed E-state index contributed by atoms with van der Waals surface area (Å²) in [6.45, 7) is -0.183. The molecule has 0 aliphatic carbocycles. The molecule has 0 saturated carbocycles. The van der Waals surface area contributed by atoms with Crippen LogP contribution in [0, 0.1) is 5.82 Å². The lowest BCUT2D eigenvalue weighted by atomic mass is 9.95. The number of aromatic nitrogens is 2. The number of methoxy groups -OCH3 is 1. The average molecular weight is 419 g/mol. The van der Waals surface area contributed by atoms with Crippen LogP contribution in [0.3, 0.4) is 0 Å². The van der Waals surface area contributed by atoms with Gasteiger partial charge in [0.15, 0.2) is 17.3 Å². The van der Waals surface area contributed by atoms with Gasteiger partial charge in [-0.25, -0.2) is 9.18 Å². The topological polar surface area (TPSA) is 95.5 Å². The Morgan fingerprint density at radius 3 is 2.81 bits per heavy atom. The molecule has 0 unspecified atom stereocenters. The number of carbonyl (C=O) groups excluding carboxylic acids is 1. The maximum Gasteiger partial charge on any atom is 0.408 e. The molecule has 1 aliphatic heterocycles. The summed E-state index contributed by atoms with van der Waals surface area (Å²) in [5.41, 5.74) is 3.73. The van der Waals surface area contributed by atoms with Crippen molar-refractivity contribution in [3.05, 3.63) is 70.8 Å². The van der Waals surface area contributed by atoms with E-state index in [1.807, 2.05) is 24.3 Å². The molecule has 0 saturated heterocycles. The third-order valence-corrected chi connectivity index (χ3v) is 5.62. The maximum absolute atomic E-state index is 14.2. The largest absolute Gasteiger partial charge is 0.494 e. The number of H-pyrrole nitrogens is 1. The fraction of sp³-hybridized carbons (Fsp3) is 0.174. The van der Waals surface area contributed by atoms with Crippen molar-refractivity contribution in [2.24, 2.45) is 0 Å². The molecule has 31 heavy (non-hydrogen) atoms. The zero-order valence-electron chi connectivity index (χ0n) is 16.6. The van der Waals surface area contributed by atoms with Crippen molar-refractivity contribution >= 4 is 33.7 Å². The summed E-state index contributed by atoms with van der Waals surface area (Å²) in [6, 6.07) is 12.3. The lowest BCUT2D eigenvalue weighted by molar-refractivity contribution is 0.0873. The molecule has 156 valence electrons. The van der Waals surface area contributed by atoms with Crippen molar-refractivity contribution in [2.75, 3.05) is 13.7 Å². The Bertz CT molecular complexity index is 1380. The molecule has 5 rings (SSSR count). The van der Waals surface area contributed by atoms with E-state index in [4.69, 9.17) is 4.74 Å². The Kier molecular flexibility index (Phi) is 4.35. The van der Waals surface area contributed by atoms with Crippen molar-refractivity contribution < 1.29 is 23.8 Å². The summed E-state index contributed by atoms with van der Waals surface area (Å²) in [5, 5.41) is 11.0. The van der Waals surface area contributed by atoms with Crippen LogP contribution in [0.4, 0.5) is 9.18 Å². The highest BCUT2D eigenvalue weighted by molar-refractivity contribution is 6.20. The highest BCUT2D eigenvalue weighted by atomic mass is 19.1. The van der Waals surface area contributed by atoms with Crippen LogP contribution in [-0.4, -0.2) is 45.5 Å². The first kappa shape index (κ1) is 19.0. The number of fused-ring (bicyclic) bond motifs is 5. The van der Waals surface area contributed by atoms with Crippen LogP contribution < -0.4 is 4.74 Å². The van der Waals surface area contributed by atoms with Crippen LogP contribution in [0.2, 0.25) is 0 Å². The molecule has 0 bridgehead atoms. The number of nitrogens with one attached hydrogen (secondary N) is 1. The van der Waals surface area contributed by atoms with E-state index in [2.05, 4.69) is 9.97 Å². The van der Waals surface area contributed by atoms with Gasteiger partial charge in [-0.3, -0.25) is 14.7 Å². The second kappa shape index (κ2) is 7.09. The number of nitrogens with zero attached hydrogens (tertiary/aromatic N) is 2. The number of hydrogen-bond acceptors (Lipinski definition) is 4. The standard InChI is InChI=1S/C23H18FN3O4/c1-31-19-7-6-12(8-14(19)24)9-16-22-20(13-4-2-3-5-15(13)26-22)21-17(25-16)10-27(23(29)30)11-18(21)28/h2-8,26H,9-11H2,1H3,(H,29,30). The van der Waals surface area contributed by atoms with Crippen LogP contribution in [0.1, 0.15) is 27.3 Å². The molecule has 0 atom stereocenters. The number of ether oxygens (including phenoxy) is 1. The smallest absolute Gasteiger partial charge is 0.408 e. The molecular weight excluding hydrogens is 401 g/mol. The van der Waals surface area contributed by atoms with E-state index in [-0.39, 0.29) is 24.6 Å². The molecule has 0 spiro atoms. The van der Waals surface area contributed by atoms with Gasteiger partial charge in [0.05, 0.1) is 42.7 Å². The van der Waals surface area contributed by atoms with Gasteiger partial charge in [0.25, 0.3) is 0 Å². The normalized spacial score (nSPS) is 13.6. The Morgan fingerprint density at radius 2 is 2.06 bits per heavy atom. The van der Waals surface area contributed by atoms with Crippen molar-refractivity contribution in [2.45, 2.75) is 13.0 Å². The molecule has 7 nitrogen and oxygen atoms in total. The van der Waals surface area contributed by atoms with E-state index >= 15 is 0 Å². The number of halogens is 1. The summed E-state index contributed by atoms with van der Waals surface area (Å²) in [6.07, 6.45) is -0.864. The molecule has 4 aromatic rings. The van der Waals surface area contributed by atoms with Gasteiger partial charge in [-0.2, -0.15) is 0 Å². The lowest BCUT2D eigenvalue weighted by Gasteiger charge is -2.25. The Hall–Kier alpha value is -3.94. The number of hydrogen-bond donors (Lipinski definition) is 2. The second-order valence-electron chi connectivity index (χ2n) is 7.51. The fourth-order valence-corrected chi connectivity index (χ4v) is 4.22. The number of para-hydroxylation sites is 1. The number of benzene rings is 2. The van der Waals surface area contributed by atoms with E-state index in [9.17, 15) is 19.1 Å². The number of amides is 1. The van der Waals surface area contributed by atoms with E-state index in [0.717, 1.165) is 21.2 Å². The van der Waals surface area contributed by atoms with Gasteiger partial charge in [0.1, 0.15) is 0 Å². The molecule has 2 aromatic carbocycles. The number of aromatic amines is 1. The summed E-state index contributed by atoms with van der Waals surface area (Å²) >= 11 is 0. The number of carboxylic acid groups (broad SMARTS) is 1. The minimum atomic E-state index is -1.17. The predicted octanol–water partition coefficient (Wildman–Crippen LogP) is 4.13. The van der Waals surface area contributed by atoms with Crippen LogP contribution in [0.5, 0.6) is 5.75 Å². The number of rotatable bonds is 3. The van der Waals surface area contributed by atoms with Gasteiger partial charge in [0, 0.05) is 22.7 Å². The average Bonchev–Trinajstić information content (AvgIpc) is 3.13. The van der Waals surface area contributed by atoms with E-state index in [1.54, 1.807) is 12.1 Å². The van der Waals surface area contributed by atoms with Crippen molar-refractivity contribution in [1.82, 2.24) is 14.9 Å². The molecular formula is C23H18FN3O4. The minimum absolute atomic E-state index is 0.0236. The van der Waals surface area contributed by atoms with Crippen LogP contribution in [0.15, 0.2) is 42.5 Å². The first-order chi connectivity index (χ1) is 15.0. The zero-order valence-corrected chi connectivity index (χ0v) is 16.6. The third kappa shape index (κ3) is 3.07. The van der Waals surface area contributed by atoms with Crippen molar-refractivity contribution in [3.63, 3.8) is 0 Å². The highest BCUT2D eigenvalue weighted by Gasteiger charge is 2.31. The fourth-order valence-electron chi connectivity index (χ4n) is 4.22. The number of carbonyl (C=O) groups is 2. The molecule has 0 fully saturated rings. The van der Waals surface area contributed by atoms with E-state index in [0.29, 0.717) is 34.5 Å². The van der Waals surface area contributed by atoms with Gasteiger partial charge in [-0.05, 0) is 23.8 Å². The Labute approximate surface area is 176 Å². The van der Waals surface area contributed by atoms with Crippen molar-refractivity contribution in [3.8, 4) is 5.75 Å². The second-order valence-corrected chi connectivity index (χ2v) is 7.51. The summed E-state index contributed by atoms with van der Waals surface area (Å²) in [5.74, 6) is -0.605.